The van der Waals surface area contributed by atoms with E-state index < -0.39 is 17.1 Å². The van der Waals surface area contributed by atoms with Gasteiger partial charge in [0, 0.05) is 27.1 Å². The van der Waals surface area contributed by atoms with E-state index in [1.165, 1.54) is 23.1 Å². The van der Waals surface area contributed by atoms with Gasteiger partial charge in [0.05, 0.1) is 17.4 Å². The lowest BCUT2D eigenvalue weighted by Crippen LogP contribution is -2.30. The van der Waals surface area contributed by atoms with Crippen LogP contribution in [-0.4, -0.2) is 29.6 Å². The zero-order valence-corrected chi connectivity index (χ0v) is 27.9. The van der Waals surface area contributed by atoms with Crippen LogP contribution in [0.2, 0.25) is 0 Å². The number of nitrogens with one attached hydrogen (secondary N) is 3. The molecule has 1 atom stereocenters. The fraction of sp³-hybridized carbons (Fsp3) is 0.105. The molecule has 0 fully saturated rings. The molecule has 0 saturated heterocycles. The van der Waals surface area contributed by atoms with Gasteiger partial charge in [0.2, 0.25) is 5.91 Å². The molecular formula is C38H32N4O4S2. The van der Waals surface area contributed by atoms with Crippen molar-refractivity contribution in [3.8, 4) is 22.9 Å². The minimum atomic E-state index is -0.517. The number of nitriles is 1. The van der Waals surface area contributed by atoms with Crippen LogP contribution in [0, 0.1) is 11.3 Å². The first-order chi connectivity index (χ1) is 23.3. The summed E-state index contributed by atoms with van der Waals surface area (Å²) >= 11 is 2.63. The lowest BCUT2D eigenvalue weighted by atomic mass is 10.1. The number of thioether (sulfide) groups is 1. The third-order valence-electron chi connectivity index (χ3n) is 7.03. The number of hydrogen-bond donors (Lipinski definition) is 3. The van der Waals surface area contributed by atoms with Gasteiger partial charge in [-0.25, -0.2) is 0 Å². The van der Waals surface area contributed by atoms with Crippen molar-refractivity contribution < 1.29 is 19.1 Å². The highest BCUT2D eigenvalue weighted by atomic mass is 32.2. The lowest BCUT2D eigenvalue weighted by molar-refractivity contribution is -0.115. The Hall–Kier alpha value is -5.63. The largest absolute Gasteiger partial charge is 0.494 e. The molecule has 0 bridgehead atoms. The maximum absolute atomic E-state index is 13.5. The highest BCUT2D eigenvalue weighted by Gasteiger charge is 2.20. The van der Waals surface area contributed by atoms with Crippen molar-refractivity contribution in [3.05, 3.63) is 137 Å². The summed E-state index contributed by atoms with van der Waals surface area (Å²) in [6.07, 6.45) is 1.60. The molecule has 5 rings (SSSR count). The van der Waals surface area contributed by atoms with E-state index in [9.17, 15) is 19.6 Å². The van der Waals surface area contributed by atoms with E-state index in [-0.39, 0.29) is 11.6 Å². The number of amides is 3. The molecule has 0 aliphatic heterocycles. The van der Waals surface area contributed by atoms with Crippen molar-refractivity contribution in [3.63, 3.8) is 0 Å². The highest BCUT2D eigenvalue weighted by molar-refractivity contribution is 8.00. The number of carbonyl (C=O) groups excluding carboxylic acids is 3. The van der Waals surface area contributed by atoms with Crippen LogP contribution in [0.5, 0.6) is 5.75 Å². The number of benzene rings is 4. The summed E-state index contributed by atoms with van der Waals surface area (Å²) in [7, 11) is 0. The Labute approximate surface area is 287 Å². The number of thiophene rings is 1. The van der Waals surface area contributed by atoms with Crippen molar-refractivity contribution >= 4 is 57.6 Å². The molecule has 1 aromatic heterocycles. The Morgan fingerprint density at radius 2 is 1.62 bits per heavy atom. The second-order valence-corrected chi connectivity index (χ2v) is 12.7. The molecule has 0 radical (unpaired) electrons. The first-order valence-electron chi connectivity index (χ1n) is 15.1. The highest BCUT2D eigenvalue weighted by Crippen LogP contribution is 2.36. The van der Waals surface area contributed by atoms with E-state index in [0.29, 0.717) is 39.7 Å². The molecule has 48 heavy (non-hydrogen) atoms. The molecule has 0 aliphatic rings. The average molecular weight is 673 g/mol. The van der Waals surface area contributed by atoms with E-state index in [2.05, 4.69) is 22.0 Å². The summed E-state index contributed by atoms with van der Waals surface area (Å²) < 4.78 is 5.52. The Morgan fingerprint density at radius 1 is 0.917 bits per heavy atom. The summed E-state index contributed by atoms with van der Waals surface area (Å²) in [5, 5.41) is 20.2. The maximum atomic E-state index is 13.5. The Bertz CT molecular complexity index is 1970. The minimum Gasteiger partial charge on any atom is -0.494 e. The molecule has 0 spiro atoms. The third-order valence-corrected chi connectivity index (χ3v) is 9.02. The molecule has 240 valence electrons. The fourth-order valence-corrected chi connectivity index (χ4v) is 6.49. The topological polar surface area (TPSA) is 120 Å². The number of anilines is 2. The van der Waals surface area contributed by atoms with E-state index >= 15 is 0 Å². The molecule has 0 aliphatic carbocycles. The second-order valence-electron chi connectivity index (χ2n) is 10.4. The van der Waals surface area contributed by atoms with Gasteiger partial charge in [-0.15, -0.1) is 23.1 Å². The van der Waals surface area contributed by atoms with Crippen LogP contribution in [0.15, 0.2) is 125 Å². The van der Waals surface area contributed by atoms with E-state index in [0.717, 1.165) is 16.0 Å². The van der Waals surface area contributed by atoms with Crippen molar-refractivity contribution in [2.24, 2.45) is 0 Å². The number of hydrogen-bond acceptors (Lipinski definition) is 7. The predicted octanol–water partition coefficient (Wildman–Crippen LogP) is 8.21. The summed E-state index contributed by atoms with van der Waals surface area (Å²) in [5.41, 5.74) is 3.76. The van der Waals surface area contributed by atoms with Crippen molar-refractivity contribution in [1.82, 2.24) is 5.32 Å². The van der Waals surface area contributed by atoms with Crippen LogP contribution in [0.4, 0.5) is 10.7 Å². The molecule has 8 nitrogen and oxygen atoms in total. The molecule has 0 saturated carbocycles. The van der Waals surface area contributed by atoms with E-state index in [1.807, 2.05) is 54.8 Å². The lowest BCUT2D eigenvalue weighted by Gasteiger charge is -2.14. The predicted molar refractivity (Wildman–Crippen MR) is 193 cm³/mol. The normalized spacial score (nSPS) is 11.6. The van der Waals surface area contributed by atoms with Crippen LogP contribution in [0.1, 0.15) is 35.3 Å². The summed E-state index contributed by atoms with van der Waals surface area (Å²) in [4.78, 5) is 40.5. The number of rotatable bonds is 12. The summed E-state index contributed by atoms with van der Waals surface area (Å²) in [6, 6.07) is 34.8. The minimum absolute atomic E-state index is 0.0536. The third kappa shape index (κ3) is 8.79. The van der Waals surface area contributed by atoms with Crippen LogP contribution >= 0.6 is 23.1 Å². The monoisotopic (exact) mass is 672 g/mol. The average Bonchev–Trinajstić information content (AvgIpc) is 3.52. The van der Waals surface area contributed by atoms with E-state index in [1.54, 1.807) is 79.7 Å². The van der Waals surface area contributed by atoms with Gasteiger partial charge in [-0.1, -0.05) is 66.7 Å². The van der Waals surface area contributed by atoms with Crippen LogP contribution in [0.25, 0.3) is 17.2 Å². The van der Waals surface area contributed by atoms with Gasteiger partial charge < -0.3 is 20.7 Å². The molecule has 4 aromatic carbocycles. The molecule has 1 unspecified atom stereocenters. The molecular weight excluding hydrogens is 641 g/mol. The number of carbonyl (C=O) groups is 3. The quantitative estimate of drug-likeness (QED) is 0.0908. The van der Waals surface area contributed by atoms with Gasteiger partial charge >= 0.3 is 0 Å². The molecule has 3 N–H and O–H groups in total. The summed E-state index contributed by atoms with van der Waals surface area (Å²) in [5.74, 6) is -0.494. The Kier molecular flexibility index (Phi) is 11.4. The van der Waals surface area contributed by atoms with Gasteiger partial charge in [0.15, 0.2) is 0 Å². The summed E-state index contributed by atoms with van der Waals surface area (Å²) in [6.45, 7) is 4.21. The molecule has 3 amide bonds. The van der Waals surface area contributed by atoms with Crippen molar-refractivity contribution in [2.75, 3.05) is 17.2 Å². The van der Waals surface area contributed by atoms with Crippen molar-refractivity contribution in [2.45, 2.75) is 24.0 Å². The molecule has 5 aromatic rings. The first kappa shape index (κ1) is 33.7. The smallest absolute Gasteiger partial charge is 0.272 e. The van der Waals surface area contributed by atoms with Gasteiger partial charge in [0.1, 0.15) is 22.5 Å². The number of nitrogens with zero attached hydrogens (tertiary/aromatic N) is 1. The molecule has 10 heteroatoms. The Morgan fingerprint density at radius 3 is 2.31 bits per heavy atom. The van der Waals surface area contributed by atoms with Crippen LogP contribution in [0.3, 0.4) is 0 Å². The van der Waals surface area contributed by atoms with Crippen LogP contribution < -0.4 is 20.7 Å². The van der Waals surface area contributed by atoms with Crippen LogP contribution in [-0.2, 0) is 9.59 Å². The standard InChI is InChI=1S/C38H32N4O4S2/c1-3-46-30-19-17-26(18-20-30)21-34(41-36(44)28-13-8-5-9-14-28)37(45)40-29-15-10-16-31(22-29)48-25(2)35(43)42-38-32(23-39)33(24-47-38)27-11-6-4-7-12-27/h4-22,24-25H,3H2,1-2H3,(H,40,45)(H,41,44)(H,42,43)/b34-21+. The molecule has 1 heterocycles. The zero-order chi connectivity index (χ0) is 33.9. The fourth-order valence-electron chi connectivity index (χ4n) is 4.64. The van der Waals surface area contributed by atoms with Gasteiger partial charge in [-0.3, -0.25) is 14.4 Å². The Balaban J connectivity index is 1.28. The maximum Gasteiger partial charge on any atom is 0.272 e. The van der Waals surface area contributed by atoms with Gasteiger partial charge in [0.25, 0.3) is 11.8 Å². The second kappa shape index (κ2) is 16.3. The SMILES string of the molecule is CCOc1ccc(/C=C(/NC(=O)c2ccccc2)C(=O)Nc2cccc(SC(C)C(=O)Nc3scc(-c4ccccc4)c3C#N)c2)cc1. The zero-order valence-electron chi connectivity index (χ0n) is 26.2. The van der Waals surface area contributed by atoms with Crippen molar-refractivity contribution in [1.29, 1.82) is 5.26 Å². The van der Waals surface area contributed by atoms with Gasteiger partial charge in [-0.2, -0.15) is 5.26 Å². The number of ether oxygens (including phenoxy) is 1. The first-order valence-corrected chi connectivity index (χ1v) is 16.9. The van der Waals surface area contributed by atoms with E-state index in [4.69, 9.17) is 4.74 Å². The van der Waals surface area contributed by atoms with Gasteiger partial charge in [-0.05, 0) is 73.5 Å².